The number of nitrogens with one attached hydrogen (secondary N) is 1. The van der Waals surface area contributed by atoms with Crippen molar-refractivity contribution in [3.8, 4) is 5.75 Å². The normalized spacial score (nSPS) is 10.7. The van der Waals surface area contributed by atoms with Crippen molar-refractivity contribution < 1.29 is 19.1 Å². The van der Waals surface area contributed by atoms with Gasteiger partial charge in [-0.25, -0.2) is 4.79 Å². The summed E-state index contributed by atoms with van der Waals surface area (Å²) < 4.78 is 10.9. The highest BCUT2D eigenvalue weighted by Gasteiger charge is 2.09. The number of aryl methyl sites for hydroxylation is 2. The molecule has 1 N–H and O–H groups in total. The van der Waals surface area contributed by atoms with E-state index in [1.165, 1.54) is 0 Å². The van der Waals surface area contributed by atoms with Crippen LogP contribution in [0.3, 0.4) is 0 Å². The standard InChI is InChI=1S/C23H28ClNO4/c1-15(2)14-29-23(27)18-7-9-19(10-8-18)25-21(26)6-5-11-28-20-12-16(3)22(24)17(4)13-20/h7-10,12-13,15H,5-6,11,14H2,1-4H3,(H,25,26). The Balaban J connectivity index is 1.74. The average Bonchev–Trinajstić information content (AvgIpc) is 2.68. The van der Waals surface area contributed by atoms with Crippen LogP contribution in [0.25, 0.3) is 0 Å². The summed E-state index contributed by atoms with van der Waals surface area (Å²) in [5.74, 6) is 0.576. The van der Waals surface area contributed by atoms with E-state index < -0.39 is 0 Å². The second-order valence-corrected chi connectivity index (χ2v) is 7.82. The van der Waals surface area contributed by atoms with Gasteiger partial charge in [0.25, 0.3) is 0 Å². The number of hydrogen-bond donors (Lipinski definition) is 1. The largest absolute Gasteiger partial charge is 0.494 e. The van der Waals surface area contributed by atoms with Crippen LogP contribution in [0, 0.1) is 19.8 Å². The van der Waals surface area contributed by atoms with Gasteiger partial charge < -0.3 is 14.8 Å². The summed E-state index contributed by atoms with van der Waals surface area (Å²) in [5, 5.41) is 3.56. The molecule has 156 valence electrons. The van der Waals surface area contributed by atoms with E-state index >= 15 is 0 Å². The lowest BCUT2D eigenvalue weighted by Gasteiger charge is -2.10. The highest BCUT2D eigenvalue weighted by Crippen LogP contribution is 2.26. The highest BCUT2D eigenvalue weighted by molar-refractivity contribution is 6.32. The lowest BCUT2D eigenvalue weighted by molar-refractivity contribution is -0.116. The molecule has 0 atom stereocenters. The van der Waals surface area contributed by atoms with E-state index in [1.807, 2.05) is 39.8 Å². The first-order valence-corrected chi connectivity index (χ1v) is 10.1. The third kappa shape index (κ3) is 7.42. The maximum absolute atomic E-state index is 12.1. The topological polar surface area (TPSA) is 64.6 Å². The fourth-order valence-corrected chi connectivity index (χ4v) is 2.76. The minimum Gasteiger partial charge on any atom is -0.494 e. The Bertz CT molecular complexity index is 823. The Morgan fingerprint density at radius 3 is 2.28 bits per heavy atom. The van der Waals surface area contributed by atoms with Gasteiger partial charge in [0.1, 0.15) is 5.75 Å². The zero-order valence-electron chi connectivity index (χ0n) is 17.4. The van der Waals surface area contributed by atoms with Gasteiger partial charge >= 0.3 is 5.97 Å². The highest BCUT2D eigenvalue weighted by atomic mass is 35.5. The summed E-state index contributed by atoms with van der Waals surface area (Å²) in [6.45, 7) is 8.65. The second-order valence-electron chi connectivity index (χ2n) is 7.44. The van der Waals surface area contributed by atoms with Gasteiger partial charge in [-0.1, -0.05) is 25.4 Å². The van der Waals surface area contributed by atoms with Crippen molar-refractivity contribution in [3.63, 3.8) is 0 Å². The van der Waals surface area contributed by atoms with Crippen molar-refractivity contribution in [2.75, 3.05) is 18.5 Å². The van der Waals surface area contributed by atoms with Gasteiger partial charge in [-0.3, -0.25) is 4.79 Å². The minimum absolute atomic E-state index is 0.104. The van der Waals surface area contributed by atoms with Crippen LogP contribution in [0.4, 0.5) is 5.69 Å². The molecule has 2 rings (SSSR count). The molecule has 0 saturated heterocycles. The van der Waals surface area contributed by atoms with Crippen LogP contribution >= 0.6 is 11.6 Å². The summed E-state index contributed by atoms with van der Waals surface area (Å²) in [4.78, 5) is 24.0. The van der Waals surface area contributed by atoms with Crippen molar-refractivity contribution in [2.45, 2.75) is 40.5 Å². The first-order chi connectivity index (χ1) is 13.8. The molecule has 2 aromatic rings. The van der Waals surface area contributed by atoms with Gasteiger partial charge in [0.2, 0.25) is 5.91 Å². The monoisotopic (exact) mass is 417 g/mol. The van der Waals surface area contributed by atoms with Gasteiger partial charge in [0.05, 0.1) is 18.8 Å². The molecule has 0 bridgehead atoms. The molecule has 1 amide bonds. The van der Waals surface area contributed by atoms with E-state index in [0.29, 0.717) is 37.3 Å². The van der Waals surface area contributed by atoms with Gasteiger partial charge in [0.15, 0.2) is 0 Å². The quantitative estimate of drug-likeness (QED) is 0.428. The van der Waals surface area contributed by atoms with Crippen LogP contribution < -0.4 is 10.1 Å². The van der Waals surface area contributed by atoms with Crippen molar-refractivity contribution >= 4 is 29.2 Å². The fourth-order valence-electron chi connectivity index (χ4n) is 2.65. The Morgan fingerprint density at radius 2 is 1.69 bits per heavy atom. The van der Waals surface area contributed by atoms with E-state index in [2.05, 4.69) is 5.32 Å². The molecule has 2 aromatic carbocycles. The Hall–Kier alpha value is -2.53. The number of amides is 1. The molecule has 0 unspecified atom stereocenters. The molecule has 0 aliphatic rings. The maximum Gasteiger partial charge on any atom is 0.338 e. The number of esters is 1. The van der Waals surface area contributed by atoms with E-state index in [1.54, 1.807) is 24.3 Å². The van der Waals surface area contributed by atoms with Crippen molar-refractivity contribution in [3.05, 3.63) is 58.1 Å². The summed E-state index contributed by atoms with van der Waals surface area (Å²) in [7, 11) is 0. The number of hydrogen-bond acceptors (Lipinski definition) is 4. The predicted octanol–water partition coefficient (Wildman–Crippen LogP) is 5.57. The van der Waals surface area contributed by atoms with Crippen molar-refractivity contribution in [2.24, 2.45) is 5.92 Å². The number of rotatable bonds is 9. The van der Waals surface area contributed by atoms with Gasteiger partial charge in [0, 0.05) is 17.1 Å². The molecule has 6 heteroatoms. The molecule has 0 spiro atoms. The number of carbonyl (C=O) groups excluding carboxylic acids is 2. The van der Waals surface area contributed by atoms with E-state index in [-0.39, 0.29) is 17.8 Å². The number of carbonyl (C=O) groups is 2. The summed E-state index contributed by atoms with van der Waals surface area (Å²) in [6, 6.07) is 10.5. The van der Waals surface area contributed by atoms with Gasteiger partial charge in [-0.2, -0.15) is 0 Å². The van der Waals surface area contributed by atoms with Crippen LogP contribution in [0.5, 0.6) is 5.75 Å². The van der Waals surface area contributed by atoms with Crippen LogP contribution in [0.2, 0.25) is 5.02 Å². The maximum atomic E-state index is 12.1. The van der Waals surface area contributed by atoms with Crippen molar-refractivity contribution in [1.82, 2.24) is 0 Å². The average molecular weight is 418 g/mol. The Morgan fingerprint density at radius 1 is 1.07 bits per heavy atom. The molecular formula is C23H28ClNO4. The number of anilines is 1. The molecular weight excluding hydrogens is 390 g/mol. The lowest BCUT2D eigenvalue weighted by Crippen LogP contribution is -2.13. The molecule has 5 nitrogen and oxygen atoms in total. The van der Waals surface area contributed by atoms with Crippen LogP contribution in [0.15, 0.2) is 36.4 Å². The van der Waals surface area contributed by atoms with Gasteiger partial charge in [-0.15, -0.1) is 0 Å². The first-order valence-electron chi connectivity index (χ1n) is 9.73. The third-order valence-corrected chi connectivity index (χ3v) is 4.78. The SMILES string of the molecule is Cc1cc(OCCCC(=O)Nc2ccc(C(=O)OCC(C)C)cc2)cc(C)c1Cl. The van der Waals surface area contributed by atoms with Crippen molar-refractivity contribution in [1.29, 1.82) is 0 Å². The Kier molecular flexibility index (Phi) is 8.52. The third-order valence-electron chi connectivity index (χ3n) is 4.18. The summed E-state index contributed by atoms with van der Waals surface area (Å²) >= 11 is 6.15. The smallest absolute Gasteiger partial charge is 0.338 e. The zero-order chi connectivity index (χ0) is 21.4. The van der Waals surface area contributed by atoms with E-state index in [0.717, 1.165) is 21.9 Å². The zero-order valence-corrected chi connectivity index (χ0v) is 18.1. The molecule has 0 aliphatic carbocycles. The molecule has 0 fully saturated rings. The number of benzene rings is 2. The molecule has 0 radical (unpaired) electrons. The predicted molar refractivity (Wildman–Crippen MR) is 116 cm³/mol. The summed E-state index contributed by atoms with van der Waals surface area (Å²) in [5.41, 5.74) is 3.04. The molecule has 0 heterocycles. The number of ether oxygens (including phenoxy) is 2. The van der Waals surface area contributed by atoms with Crippen LogP contribution in [-0.4, -0.2) is 25.1 Å². The van der Waals surface area contributed by atoms with E-state index in [9.17, 15) is 9.59 Å². The molecule has 29 heavy (non-hydrogen) atoms. The minimum atomic E-state index is -0.360. The first kappa shape index (κ1) is 22.8. The fraction of sp³-hybridized carbons (Fsp3) is 0.391. The molecule has 0 aliphatic heterocycles. The number of halogens is 1. The molecule has 0 saturated carbocycles. The van der Waals surface area contributed by atoms with E-state index in [4.69, 9.17) is 21.1 Å². The van der Waals surface area contributed by atoms with Gasteiger partial charge in [-0.05, 0) is 73.7 Å². The molecule has 0 aromatic heterocycles. The lowest BCUT2D eigenvalue weighted by atomic mass is 10.1. The van der Waals surface area contributed by atoms with Crippen LogP contribution in [-0.2, 0) is 9.53 Å². The van der Waals surface area contributed by atoms with Crippen LogP contribution in [0.1, 0.15) is 48.2 Å². The summed E-state index contributed by atoms with van der Waals surface area (Å²) in [6.07, 6.45) is 0.926. The Labute approximate surface area is 177 Å². The second kappa shape index (κ2) is 10.9.